The van der Waals surface area contributed by atoms with Crippen LogP contribution in [0, 0.1) is 169 Å². The van der Waals surface area contributed by atoms with E-state index in [1.54, 1.807) is 19.3 Å². The molecule has 0 aromatic rings. The topological polar surface area (TPSA) is 0 Å². The Hall–Kier alpha value is 0. The molecule has 23 aliphatic carbocycles. The van der Waals surface area contributed by atoms with Crippen LogP contribution in [-0.2, 0) is 0 Å². The molecule has 0 saturated heterocycles. The summed E-state index contributed by atoms with van der Waals surface area (Å²) in [6, 6.07) is 0. The second-order valence-corrected chi connectivity index (χ2v) is 22.5. The van der Waals surface area contributed by atoms with Crippen LogP contribution in [0.1, 0.15) is 39.5 Å². The number of hydrogen-bond donors (Lipinski definition) is 0. The third-order valence-electron chi connectivity index (χ3n) is 29.6. The van der Waals surface area contributed by atoms with Crippen LogP contribution in [0.3, 0.4) is 0 Å². The van der Waals surface area contributed by atoms with Gasteiger partial charge in [-0.05, 0) is 195 Å². The summed E-state index contributed by atoms with van der Waals surface area (Å²) >= 11 is 0. The normalized spacial score (nSPS) is 130. The SMILES string of the molecule is CC12C3CC4C5C6CC7C8C9C%10CC%11C%12C%13C%14CC%15C3C13C1(C)C%14%15C%13%14C%12%13C%11%10C9%10C89C67C56C42C32C1%14C%13%10C692. The van der Waals surface area contributed by atoms with Gasteiger partial charge in [0.15, 0.2) is 0 Å². The van der Waals surface area contributed by atoms with Gasteiger partial charge in [-0.15, -0.1) is 0 Å². The van der Waals surface area contributed by atoms with Crippen LogP contribution in [-0.4, -0.2) is 0 Å². The Morgan fingerprint density at radius 1 is 0.361 bits per heavy atom. The van der Waals surface area contributed by atoms with Gasteiger partial charge in [-0.2, -0.15) is 0 Å². The van der Waals surface area contributed by atoms with Crippen LogP contribution in [0.15, 0.2) is 0 Å². The van der Waals surface area contributed by atoms with Gasteiger partial charge in [0.05, 0.1) is 0 Å². The van der Waals surface area contributed by atoms with Crippen LogP contribution in [0.25, 0.3) is 0 Å². The summed E-state index contributed by atoms with van der Waals surface area (Å²) in [5, 5.41) is 0. The lowest BCUT2D eigenvalue weighted by molar-refractivity contribution is -1.12. The summed E-state index contributed by atoms with van der Waals surface area (Å²) in [6.07, 6.45) is 7.20. The molecule has 14 spiro atoms. The zero-order valence-electron chi connectivity index (χ0n) is 20.9. The summed E-state index contributed by atoms with van der Waals surface area (Å²) in [5.74, 6) is 18.6. The fourth-order valence-corrected chi connectivity index (χ4v) is 36.8. The molecular weight excluding hydrogens is 432 g/mol. The fraction of sp³-hybridized carbons (Fsp3) is 1.00. The van der Waals surface area contributed by atoms with Crippen LogP contribution in [0.5, 0.6) is 0 Å². The first kappa shape index (κ1) is 13.1. The molecule has 0 heteroatoms. The molecule has 0 aromatic carbocycles. The zero-order valence-corrected chi connectivity index (χ0v) is 20.9. The van der Waals surface area contributed by atoms with E-state index >= 15 is 0 Å². The van der Waals surface area contributed by atoms with Gasteiger partial charge >= 0.3 is 0 Å². The van der Waals surface area contributed by atoms with E-state index in [0.29, 0.717) is 0 Å². The summed E-state index contributed by atoms with van der Waals surface area (Å²) in [7, 11) is 0. The average molecular weight is 461 g/mol. The maximum absolute atomic E-state index is 3.18. The van der Waals surface area contributed by atoms with E-state index in [-0.39, 0.29) is 0 Å². The van der Waals surface area contributed by atoms with E-state index < -0.39 is 0 Å². The van der Waals surface area contributed by atoms with Gasteiger partial charge in [-0.25, -0.2) is 0 Å². The van der Waals surface area contributed by atoms with E-state index in [1.165, 1.54) is 82.9 Å². The molecule has 172 valence electrons. The molecule has 0 amide bonds. The largest absolute Gasteiger partial charge is 0.0582 e. The van der Waals surface area contributed by atoms with Crippen molar-refractivity contribution in [3.8, 4) is 0 Å². The van der Waals surface area contributed by atoms with Gasteiger partial charge in [0, 0.05) is 0 Å². The van der Waals surface area contributed by atoms with E-state index in [4.69, 9.17) is 0 Å². The molecule has 23 aliphatic rings. The van der Waals surface area contributed by atoms with Crippen molar-refractivity contribution in [2.24, 2.45) is 169 Å². The standard InChI is InChI=1S/C36H28/c1-21-7-3-14-16-9-5-11-20-19-13-6-12-18-17-10-4-8-15(7)27(21)22(2)23(8,10)29(17)30(18)25(12,13)31(19)32(20)24(9,11)28(16)26(14,21)34(27)33(22,29)35(30,31)36(28,32)34/h7-20H,3-6H2,1-2H3. The summed E-state index contributed by atoms with van der Waals surface area (Å²) in [6.45, 7) is 6.29. The predicted octanol–water partition coefficient (Wildman–Crippen LogP) is 4.31. The summed E-state index contributed by atoms with van der Waals surface area (Å²) in [5.41, 5.74) is 16.6. The van der Waals surface area contributed by atoms with Crippen molar-refractivity contribution >= 4 is 0 Å². The third-order valence-corrected chi connectivity index (χ3v) is 29.6. The molecule has 23 fully saturated rings. The maximum Gasteiger partial charge on any atom is -0.000743 e. The Morgan fingerprint density at radius 3 is 1.44 bits per heavy atom. The molecular formula is C36H28. The van der Waals surface area contributed by atoms with Crippen LogP contribution < -0.4 is 0 Å². The Balaban J connectivity index is 1.09. The Morgan fingerprint density at radius 2 is 0.778 bits per heavy atom. The van der Waals surface area contributed by atoms with Gasteiger partial charge in [0.25, 0.3) is 0 Å². The highest BCUT2D eigenvalue weighted by Gasteiger charge is 3.59. The molecule has 0 heterocycles. The number of hydrogen-bond acceptors (Lipinski definition) is 0. The van der Waals surface area contributed by atoms with Crippen molar-refractivity contribution < 1.29 is 0 Å². The molecule has 23 rings (SSSR count). The number of fused-ring (bicyclic) bond motifs is 10. The molecule has 0 N–H and O–H groups in total. The van der Waals surface area contributed by atoms with Gasteiger partial charge in [0.2, 0.25) is 0 Å². The lowest BCUT2D eigenvalue weighted by Gasteiger charge is -3.56. The fourth-order valence-electron chi connectivity index (χ4n) is 36.8. The molecule has 30 unspecified atom stereocenters. The third kappa shape index (κ3) is 0.292. The highest BCUT2D eigenvalue weighted by atomic mass is 15.6. The first-order valence-electron chi connectivity index (χ1n) is 17.6. The molecule has 0 radical (unpaired) electrons. The highest BCUT2D eigenvalue weighted by molar-refractivity contribution is 6.04. The average Bonchev–Trinajstić information content (AvgIpc) is 2.98. The monoisotopic (exact) mass is 460 g/mol. The lowest BCUT2D eigenvalue weighted by Crippen LogP contribution is -3.55. The van der Waals surface area contributed by atoms with Crippen LogP contribution >= 0.6 is 0 Å². The molecule has 0 bridgehead atoms. The van der Waals surface area contributed by atoms with Crippen LogP contribution in [0.2, 0.25) is 0 Å². The second kappa shape index (κ2) is 2.01. The highest BCUT2D eigenvalue weighted by Crippen LogP contribution is 3.61. The molecule has 23 saturated carbocycles. The van der Waals surface area contributed by atoms with Gasteiger partial charge in [-0.1, -0.05) is 13.8 Å². The van der Waals surface area contributed by atoms with Crippen molar-refractivity contribution in [3.63, 3.8) is 0 Å². The molecule has 0 nitrogen and oxygen atoms in total. The first-order valence-corrected chi connectivity index (χ1v) is 17.6. The lowest BCUT2D eigenvalue weighted by atomic mass is 8.46. The quantitative estimate of drug-likeness (QED) is 0.506. The second-order valence-electron chi connectivity index (χ2n) is 22.5. The van der Waals surface area contributed by atoms with E-state index in [2.05, 4.69) is 13.8 Å². The van der Waals surface area contributed by atoms with Gasteiger partial charge in [0.1, 0.15) is 0 Å². The minimum atomic E-state index is 0.897. The van der Waals surface area contributed by atoms with E-state index in [1.807, 2.05) is 6.42 Å². The van der Waals surface area contributed by atoms with Gasteiger partial charge < -0.3 is 0 Å². The maximum atomic E-state index is 3.18. The summed E-state index contributed by atoms with van der Waals surface area (Å²) < 4.78 is 0. The Kier molecular flexibility index (Phi) is 0.731. The van der Waals surface area contributed by atoms with Crippen molar-refractivity contribution in [1.29, 1.82) is 0 Å². The zero-order chi connectivity index (χ0) is 20.9. The van der Waals surface area contributed by atoms with Crippen molar-refractivity contribution in [1.82, 2.24) is 0 Å². The van der Waals surface area contributed by atoms with Crippen molar-refractivity contribution in [2.45, 2.75) is 39.5 Å². The van der Waals surface area contributed by atoms with Gasteiger partial charge in [-0.3, -0.25) is 0 Å². The molecule has 0 aromatic heterocycles. The van der Waals surface area contributed by atoms with E-state index in [9.17, 15) is 0 Å². The molecule has 30 atom stereocenters. The minimum Gasteiger partial charge on any atom is -0.0582 e. The molecule has 36 heavy (non-hydrogen) atoms. The smallest absolute Gasteiger partial charge is 0.000743 e. The Labute approximate surface area is 208 Å². The van der Waals surface area contributed by atoms with E-state index in [0.717, 1.165) is 86.6 Å². The predicted molar refractivity (Wildman–Crippen MR) is 118 cm³/mol. The molecule has 0 aliphatic heterocycles. The van der Waals surface area contributed by atoms with Crippen molar-refractivity contribution in [3.05, 3.63) is 0 Å². The summed E-state index contributed by atoms with van der Waals surface area (Å²) in [4.78, 5) is 0. The van der Waals surface area contributed by atoms with Crippen LogP contribution in [0.4, 0.5) is 0 Å². The van der Waals surface area contributed by atoms with Crippen molar-refractivity contribution in [2.75, 3.05) is 0 Å². The minimum absolute atomic E-state index is 0.897. The first-order chi connectivity index (χ1) is 17.6. The Bertz CT molecular complexity index is 2020. The number of rotatable bonds is 0.